The van der Waals surface area contributed by atoms with E-state index >= 15 is 0 Å². The van der Waals surface area contributed by atoms with E-state index in [1.165, 1.54) is 18.3 Å². The minimum atomic E-state index is -0.254. The van der Waals surface area contributed by atoms with Crippen molar-refractivity contribution in [2.24, 2.45) is 0 Å². The molecule has 0 bridgehead atoms. The zero-order valence-corrected chi connectivity index (χ0v) is 13.3. The van der Waals surface area contributed by atoms with E-state index in [-0.39, 0.29) is 17.8 Å². The Labute approximate surface area is 140 Å². The molecule has 126 valence electrons. The number of pyridine rings is 1. The largest absolute Gasteiger partial charge is 0.376 e. The first kappa shape index (κ1) is 16.4. The first-order valence-corrected chi connectivity index (χ1v) is 8.05. The number of carbonyl (C=O) groups is 1. The molecule has 1 aromatic heterocycles. The Morgan fingerprint density at radius 2 is 2.08 bits per heavy atom. The van der Waals surface area contributed by atoms with Crippen molar-refractivity contribution in [2.75, 3.05) is 18.5 Å². The van der Waals surface area contributed by atoms with Crippen molar-refractivity contribution in [2.45, 2.75) is 25.5 Å². The molecule has 2 heterocycles. The molecular weight excluding hydrogens is 309 g/mol. The van der Waals surface area contributed by atoms with Gasteiger partial charge >= 0.3 is 0 Å². The summed E-state index contributed by atoms with van der Waals surface area (Å²) in [5, 5.41) is 6.00. The summed E-state index contributed by atoms with van der Waals surface area (Å²) in [5.74, 6) is 0.258. The lowest BCUT2D eigenvalue weighted by atomic mass is 10.2. The molecule has 2 aromatic rings. The average molecular weight is 329 g/mol. The van der Waals surface area contributed by atoms with Crippen LogP contribution in [0.4, 0.5) is 10.2 Å². The highest BCUT2D eigenvalue weighted by Crippen LogP contribution is 2.12. The van der Waals surface area contributed by atoms with Crippen LogP contribution >= 0.6 is 0 Å². The third-order valence-corrected chi connectivity index (χ3v) is 3.93. The van der Waals surface area contributed by atoms with Crippen molar-refractivity contribution < 1.29 is 13.9 Å². The summed E-state index contributed by atoms with van der Waals surface area (Å²) in [7, 11) is 0. The Morgan fingerprint density at radius 3 is 2.75 bits per heavy atom. The Balaban J connectivity index is 1.48. The minimum Gasteiger partial charge on any atom is -0.376 e. The average Bonchev–Trinajstić information content (AvgIpc) is 3.13. The maximum absolute atomic E-state index is 12.9. The normalized spacial score (nSPS) is 16.8. The Hall–Kier alpha value is -2.47. The van der Waals surface area contributed by atoms with E-state index in [0.717, 1.165) is 25.0 Å². The summed E-state index contributed by atoms with van der Waals surface area (Å²) < 4.78 is 18.3. The molecule has 0 saturated carbocycles. The van der Waals surface area contributed by atoms with Gasteiger partial charge in [-0.1, -0.05) is 12.1 Å². The number of hydrogen-bond acceptors (Lipinski definition) is 4. The monoisotopic (exact) mass is 329 g/mol. The number of nitrogens with zero attached hydrogens (tertiary/aromatic N) is 1. The lowest BCUT2D eigenvalue weighted by Gasteiger charge is -2.11. The van der Waals surface area contributed by atoms with Crippen molar-refractivity contribution in [3.63, 3.8) is 0 Å². The van der Waals surface area contributed by atoms with Crippen LogP contribution in [0.15, 0.2) is 42.6 Å². The van der Waals surface area contributed by atoms with E-state index in [4.69, 9.17) is 4.74 Å². The van der Waals surface area contributed by atoms with E-state index in [9.17, 15) is 9.18 Å². The zero-order chi connectivity index (χ0) is 16.8. The van der Waals surface area contributed by atoms with Crippen molar-refractivity contribution in [1.82, 2.24) is 10.3 Å². The van der Waals surface area contributed by atoms with E-state index < -0.39 is 0 Å². The van der Waals surface area contributed by atoms with E-state index in [0.29, 0.717) is 24.5 Å². The molecule has 0 unspecified atom stereocenters. The molecule has 1 aromatic carbocycles. The number of benzene rings is 1. The zero-order valence-electron chi connectivity index (χ0n) is 13.3. The van der Waals surface area contributed by atoms with Gasteiger partial charge in [0.05, 0.1) is 11.7 Å². The molecule has 2 N–H and O–H groups in total. The van der Waals surface area contributed by atoms with Gasteiger partial charge < -0.3 is 15.4 Å². The molecule has 0 radical (unpaired) electrons. The number of aromatic nitrogens is 1. The number of amides is 1. The second-order valence-corrected chi connectivity index (χ2v) is 5.76. The van der Waals surface area contributed by atoms with E-state index in [1.54, 1.807) is 24.3 Å². The molecule has 1 amide bonds. The van der Waals surface area contributed by atoms with Crippen LogP contribution in [-0.2, 0) is 11.3 Å². The summed E-state index contributed by atoms with van der Waals surface area (Å²) in [6, 6.07) is 9.76. The minimum absolute atomic E-state index is 0.124. The van der Waals surface area contributed by atoms with Gasteiger partial charge in [-0.3, -0.25) is 4.79 Å². The third-order valence-electron chi connectivity index (χ3n) is 3.93. The molecule has 0 spiro atoms. The fraction of sp³-hybridized carbons (Fsp3) is 0.333. The Morgan fingerprint density at radius 1 is 1.25 bits per heavy atom. The number of halogens is 1. The van der Waals surface area contributed by atoms with Gasteiger partial charge in [0.1, 0.15) is 11.6 Å². The van der Waals surface area contributed by atoms with Crippen molar-refractivity contribution in [3.05, 3.63) is 59.5 Å². The van der Waals surface area contributed by atoms with Crippen LogP contribution in [0.25, 0.3) is 0 Å². The van der Waals surface area contributed by atoms with Crippen LogP contribution in [-0.4, -0.2) is 30.1 Å². The summed E-state index contributed by atoms with van der Waals surface area (Å²) in [6.07, 6.45) is 3.71. The number of hydrogen-bond donors (Lipinski definition) is 2. The van der Waals surface area contributed by atoms with Gasteiger partial charge in [-0.05, 0) is 42.7 Å². The molecule has 24 heavy (non-hydrogen) atoms. The number of rotatable bonds is 6. The van der Waals surface area contributed by atoms with Gasteiger partial charge in [0.2, 0.25) is 0 Å². The molecule has 0 aliphatic carbocycles. The van der Waals surface area contributed by atoms with Crippen LogP contribution < -0.4 is 10.6 Å². The van der Waals surface area contributed by atoms with E-state index in [2.05, 4.69) is 15.6 Å². The summed E-state index contributed by atoms with van der Waals surface area (Å²) in [6.45, 7) is 1.84. The highest BCUT2D eigenvalue weighted by atomic mass is 19.1. The standard InChI is InChI=1S/C18H20FN3O2/c19-15-6-3-13(4-7-15)10-20-17-8-5-14(11-21-17)18(23)22-12-16-2-1-9-24-16/h3-8,11,16H,1-2,9-10,12H2,(H,20,21)(H,22,23)/t16-/m1/s1. The van der Waals surface area contributed by atoms with Crippen LogP contribution in [0, 0.1) is 5.82 Å². The quantitative estimate of drug-likeness (QED) is 0.855. The number of nitrogens with one attached hydrogen (secondary N) is 2. The van der Waals surface area contributed by atoms with Crippen molar-refractivity contribution >= 4 is 11.7 Å². The highest BCUT2D eigenvalue weighted by molar-refractivity contribution is 5.94. The predicted octanol–water partition coefficient (Wildman–Crippen LogP) is 2.74. The van der Waals surface area contributed by atoms with Gasteiger partial charge in [-0.2, -0.15) is 0 Å². The summed E-state index contributed by atoms with van der Waals surface area (Å²) in [4.78, 5) is 16.3. The fourth-order valence-electron chi connectivity index (χ4n) is 2.54. The molecule has 3 rings (SSSR count). The maximum Gasteiger partial charge on any atom is 0.252 e. The first-order valence-electron chi connectivity index (χ1n) is 8.05. The van der Waals surface area contributed by atoms with Gasteiger partial charge in [-0.15, -0.1) is 0 Å². The van der Waals surface area contributed by atoms with E-state index in [1.807, 2.05) is 0 Å². The van der Waals surface area contributed by atoms with Gasteiger partial charge in [0.25, 0.3) is 5.91 Å². The molecule has 1 aliphatic rings. The lowest BCUT2D eigenvalue weighted by Crippen LogP contribution is -2.31. The fourth-order valence-corrected chi connectivity index (χ4v) is 2.54. The highest BCUT2D eigenvalue weighted by Gasteiger charge is 2.16. The SMILES string of the molecule is O=C(NC[C@H]1CCCO1)c1ccc(NCc2ccc(F)cc2)nc1. The van der Waals surface area contributed by atoms with Crippen LogP contribution in [0.2, 0.25) is 0 Å². The first-order chi connectivity index (χ1) is 11.7. The molecule has 1 fully saturated rings. The van der Waals surface area contributed by atoms with Crippen molar-refractivity contribution in [3.8, 4) is 0 Å². The number of carbonyl (C=O) groups excluding carboxylic acids is 1. The van der Waals surface area contributed by atoms with Gasteiger partial charge in [-0.25, -0.2) is 9.37 Å². The number of anilines is 1. The predicted molar refractivity (Wildman–Crippen MR) is 89.3 cm³/mol. The molecule has 1 atom stereocenters. The smallest absolute Gasteiger partial charge is 0.252 e. The number of ether oxygens (including phenoxy) is 1. The Kier molecular flexibility index (Phi) is 5.38. The van der Waals surface area contributed by atoms with Crippen LogP contribution in [0.1, 0.15) is 28.8 Å². The second-order valence-electron chi connectivity index (χ2n) is 5.76. The third kappa shape index (κ3) is 4.52. The van der Waals surface area contributed by atoms with Crippen molar-refractivity contribution in [1.29, 1.82) is 0 Å². The molecule has 1 aliphatic heterocycles. The van der Waals surface area contributed by atoms with Crippen LogP contribution in [0.3, 0.4) is 0 Å². The maximum atomic E-state index is 12.9. The Bertz CT molecular complexity index is 668. The summed E-state index contributed by atoms with van der Waals surface area (Å²) in [5.41, 5.74) is 1.47. The topological polar surface area (TPSA) is 63.2 Å². The molecule has 6 heteroatoms. The van der Waals surface area contributed by atoms with Gasteiger partial charge in [0.15, 0.2) is 0 Å². The lowest BCUT2D eigenvalue weighted by molar-refractivity contribution is 0.0857. The molecular formula is C18H20FN3O2. The van der Waals surface area contributed by atoms with Gasteiger partial charge in [0, 0.05) is 25.9 Å². The van der Waals surface area contributed by atoms with Crippen LogP contribution in [0.5, 0.6) is 0 Å². The molecule has 5 nitrogen and oxygen atoms in total. The molecule has 1 saturated heterocycles. The second kappa shape index (κ2) is 7.88. The summed E-state index contributed by atoms with van der Waals surface area (Å²) >= 11 is 0.